The van der Waals surface area contributed by atoms with Gasteiger partial charge in [0.15, 0.2) is 0 Å². The third-order valence-electron chi connectivity index (χ3n) is 0.682. The molecule has 0 aromatic carbocycles. The molecule has 0 aromatic heterocycles. The van der Waals surface area contributed by atoms with E-state index in [1.807, 2.05) is 13.8 Å². The summed E-state index contributed by atoms with van der Waals surface area (Å²) in [5.74, 6) is -0.201. The van der Waals surface area contributed by atoms with E-state index in [4.69, 9.17) is 0 Å². The van der Waals surface area contributed by atoms with Crippen LogP contribution in [0.4, 0.5) is 0 Å². The van der Waals surface area contributed by atoms with Crippen LogP contribution in [0.15, 0.2) is 11.5 Å². The van der Waals surface area contributed by atoms with Crippen molar-refractivity contribution in [1.29, 1.82) is 0 Å². The third-order valence-corrected chi connectivity index (χ3v) is 0.885. The summed E-state index contributed by atoms with van der Waals surface area (Å²) in [5, 5.41) is 2.63. The van der Waals surface area contributed by atoms with E-state index in [1.165, 1.54) is 0 Å². The van der Waals surface area contributed by atoms with E-state index in [-0.39, 0.29) is 16.9 Å². The van der Waals surface area contributed by atoms with Crippen molar-refractivity contribution in [2.75, 3.05) is 0 Å². The molecule has 0 aromatic rings. The summed E-state index contributed by atoms with van der Waals surface area (Å²) in [4.78, 5) is 10.9. The number of hydrogen-bond donors (Lipinski definition) is 2. The Kier molecular flexibility index (Phi) is 3.39. The fourth-order valence-corrected chi connectivity index (χ4v) is 0.410. The van der Waals surface area contributed by atoms with Crippen molar-refractivity contribution >= 4 is 18.5 Å². The number of rotatable bonds is 2. The lowest BCUT2D eigenvalue weighted by atomic mass is 10.4. The van der Waals surface area contributed by atoms with Crippen LogP contribution in [0.3, 0.4) is 0 Å². The minimum Gasteiger partial charge on any atom is -0.349 e. The fourth-order valence-electron chi connectivity index (χ4n) is 0.345. The second kappa shape index (κ2) is 3.56. The van der Waals surface area contributed by atoms with Crippen LogP contribution >= 0.6 is 12.6 Å². The number of nitrogens with one attached hydrogen (secondary N) is 1. The van der Waals surface area contributed by atoms with Gasteiger partial charge in [-0.25, -0.2) is 0 Å². The summed E-state index contributed by atoms with van der Waals surface area (Å²) >= 11 is 3.76. The van der Waals surface area contributed by atoms with Gasteiger partial charge in [-0.2, -0.15) is 0 Å². The molecule has 0 heterocycles. The molecule has 0 bridgehead atoms. The Morgan fingerprint density at radius 3 is 2.22 bits per heavy atom. The Morgan fingerprint density at radius 2 is 2.11 bits per heavy atom. The van der Waals surface area contributed by atoms with Crippen LogP contribution in [0.25, 0.3) is 0 Å². The van der Waals surface area contributed by atoms with Gasteiger partial charge in [-0.05, 0) is 13.8 Å². The van der Waals surface area contributed by atoms with Gasteiger partial charge in [-0.15, -0.1) is 12.6 Å². The molecule has 0 rings (SSSR count). The number of thiol groups is 1. The first kappa shape index (κ1) is 8.56. The summed E-state index contributed by atoms with van der Waals surface area (Å²) in [5.41, 5.74) is 0. The molecule has 0 spiro atoms. The summed E-state index contributed by atoms with van der Waals surface area (Å²) in [6.07, 6.45) is 0. The van der Waals surface area contributed by atoms with Crippen molar-refractivity contribution in [3.05, 3.63) is 11.5 Å². The van der Waals surface area contributed by atoms with Crippen molar-refractivity contribution < 1.29 is 4.79 Å². The standard InChI is InChI=1S/C6H11NOS/c1-4(2)7-6(8)5(3)9/h4,9H,3H2,1-2H3,(H,7,8). The zero-order valence-electron chi connectivity index (χ0n) is 5.64. The molecule has 1 N–H and O–H groups in total. The monoisotopic (exact) mass is 145 g/mol. The highest BCUT2D eigenvalue weighted by molar-refractivity contribution is 7.85. The molecule has 0 radical (unpaired) electrons. The topological polar surface area (TPSA) is 29.1 Å². The number of carbonyl (C=O) groups is 1. The average Bonchev–Trinajstić information content (AvgIpc) is 1.63. The maximum absolute atomic E-state index is 10.7. The Balaban J connectivity index is 3.65. The van der Waals surface area contributed by atoms with E-state index in [9.17, 15) is 4.79 Å². The van der Waals surface area contributed by atoms with Gasteiger partial charge < -0.3 is 5.32 Å². The molecule has 9 heavy (non-hydrogen) atoms. The molecule has 0 fully saturated rings. The number of amides is 1. The van der Waals surface area contributed by atoms with Crippen LogP contribution in [0.2, 0.25) is 0 Å². The van der Waals surface area contributed by atoms with Crippen LogP contribution in [0, 0.1) is 0 Å². The molecule has 0 saturated heterocycles. The molecule has 52 valence electrons. The van der Waals surface area contributed by atoms with Gasteiger partial charge in [0, 0.05) is 6.04 Å². The van der Waals surface area contributed by atoms with E-state index in [1.54, 1.807) is 0 Å². The van der Waals surface area contributed by atoms with Gasteiger partial charge in [-0.3, -0.25) is 4.79 Å². The maximum atomic E-state index is 10.7. The van der Waals surface area contributed by atoms with E-state index < -0.39 is 0 Å². The first-order valence-corrected chi connectivity index (χ1v) is 3.17. The number of carbonyl (C=O) groups excluding carboxylic acids is 1. The molecular weight excluding hydrogens is 134 g/mol. The first-order chi connectivity index (χ1) is 4.04. The van der Waals surface area contributed by atoms with Gasteiger partial charge in [0.05, 0.1) is 4.91 Å². The van der Waals surface area contributed by atoms with Gasteiger partial charge in [0.2, 0.25) is 0 Å². The minimum atomic E-state index is -0.201. The Bertz CT molecular complexity index is 131. The van der Waals surface area contributed by atoms with E-state index in [0.717, 1.165) is 0 Å². The molecule has 0 aliphatic rings. The first-order valence-electron chi connectivity index (χ1n) is 2.72. The largest absolute Gasteiger partial charge is 0.349 e. The summed E-state index contributed by atoms with van der Waals surface area (Å²) in [7, 11) is 0. The van der Waals surface area contributed by atoms with Crippen molar-refractivity contribution in [3.8, 4) is 0 Å². The zero-order chi connectivity index (χ0) is 7.44. The van der Waals surface area contributed by atoms with E-state index in [2.05, 4.69) is 24.5 Å². The van der Waals surface area contributed by atoms with Gasteiger partial charge in [0.1, 0.15) is 0 Å². The van der Waals surface area contributed by atoms with Gasteiger partial charge >= 0.3 is 0 Å². The molecule has 0 atom stereocenters. The molecule has 2 nitrogen and oxygen atoms in total. The summed E-state index contributed by atoms with van der Waals surface area (Å²) in [6, 6.07) is 0.154. The van der Waals surface area contributed by atoms with Gasteiger partial charge in [0.25, 0.3) is 5.91 Å². The maximum Gasteiger partial charge on any atom is 0.257 e. The van der Waals surface area contributed by atoms with Crippen molar-refractivity contribution in [3.63, 3.8) is 0 Å². The molecule has 0 aliphatic carbocycles. The normalized spacial score (nSPS) is 9.33. The van der Waals surface area contributed by atoms with Crippen LogP contribution < -0.4 is 5.32 Å². The molecule has 0 saturated carbocycles. The predicted molar refractivity (Wildman–Crippen MR) is 41.4 cm³/mol. The second-order valence-corrected chi connectivity index (χ2v) is 2.61. The molecule has 0 aliphatic heterocycles. The van der Waals surface area contributed by atoms with Crippen LogP contribution in [0.1, 0.15) is 13.8 Å². The molecule has 0 unspecified atom stereocenters. The van der Waals surface area contributed by atoms with Crippen LogP contribution in [-0.2, 0) is 4.79 Å². The van der Waals surface area contributed by atoms with Crippen LogP contribution in [0.5, 0.6) is 0 Å². The van der Waals surface area contributed by atoms with Crippen molar-refractivity contribution in [2.45, 2.75) is 19.9 Å². The van der Waals surface area contributed by atoms with Crippen molar-refractivity contribution in [1.82, 2.24) is 5.32 Å². The Morgan fingerprint density at radius 1 is 1.67 bits per heavy atom. The molecule has 1 amide bonds. The third kappa shape index (κ3) is 4.09. The lowest BCUT2D eigenvalue weighted by molar-refractivity contribution is -0.117. The quantitative estimate of drug-likeness (QED) is 0.440. The molecular formula is C6H11NOS. The van der Waals surface area contributed by atoms with Gasteiger partial charge in [-0.1, -0.05) is 6.58 Å². The van der Waals surface area contributed by atoms with Crippen LogP contribution in [-0.4, -0.2) is 11.9 Å². The SMILES string of the molecule is C=C(S)C(=O)NC(C)C. The lowest BCUT2D eigenvalue weighted by Crippen LogP contribution is -2.29. The Hall–Kier alpha value is -0.440. The summed E-state index contributed by atoms with van der Waals surface area (Å²) in [6.45, 7) is 7.13. The predicted octanol–water partition coefficient (Wildman–Crippen LogP) is 0.954. The smallest absolute Gasteiger partial charge is 0.257 e. The fraction of sp³-hybridized carbons (Fsp3) is 0.500. The molecule has 3 heteroatoms. The highest BCUT2D eigenvalue weighted by Crippen LogP contribution is 1.94. The average molecular weight is 145 g/mol. The van der Waals surface area contributed by atoms with E-state index in [0.29, 0.717) is 0 Å². The van der Waals surface area contributed by atoms with E-state index >= 15 is 0 Å². The lowest BCUT2D eigenvalue weighted by Gasteiger charge is -2.05. The summed E-state index contributed by atoms with van der Waals surface area (Å²) < 4.78 is 0. The highest BCUT2D eigenvalue weighted by Gasteiger charge is 2.01. The van der Waals surface area contributed by atoms with Crippen molar-refractivity contribution in [2.24, 2.45) is 0 Å². The minimum absolute atomic E-state index is 0.154. The number of hydrogen-bond acceptors (Lipinski definition) is 2. The Labute approximate surface area is 60.7 Å². The second-order valence-electron chi connectivity index (χ2n) is 2.07. The highest BCUT2D eigenvalue weighted by atomic mass is 32.1. The zero-order valence-corrected chi connectivity index (χ0v) is 6.53.